The summed E-state index contributed by atoms with van der Waals surface area (Å²) >= 11 is 0. The van der Waals surface area contributed by atoms with Crippen molar-refractivity contribution in [2.45, 2.75) is 38.1 Å². The van der Waals surface area contributed by atoms with Gasteiger partial charge in [-0.25, -0.2) is 8.78 Å². The van der Waals surface area contributed by atoms with E-state index >= 15 is 0 Å². The van der Waals surface area contributed by atoms with Gasteiger partial charge in [0.05, 0.1) is 0 Å². The third-order valence-corrected chi connectivity index (χ3v) is 3.50. The summed E-state index contributed by atoms with van der Waals surface area (Å²) in [6.07, 6.45) is 10.1. The molecule has 1 saturated carbocycles. The van der Waals surface area contributed by atoms with E-state index in [2.05, 4.69) is 11.2 Å². The molecule has 0 aliphatic heterocycles. The predicted octanol–water partition coefficient (Wildman–Crippen LogP) is 3.04. The Bertz CT molecular complexity index is 537. The molecule has 1 aliphatic carbocycles. The number of hydrogen-bond acceptors (Lipinski definition) is 2. The smallest absolute Gasteiger partial charge is 0.251 e. The lowest BCUT2D eigenvalue weighted by Gasteiger charge is -2.22. The number of amides is 1. The lowest BCUT2D eigenvalue weighted by atomic mass is 9.95. The lowest BCUT2D eigenvalue weighted by Crippen LogP contribution is -2.36. The molecule has 1 aromatic rings. The van der Waals surface area contributed by atoms with E-state index in [0.29, 0.717) is 0 Å². The molecule has 1 aromatic carbocycles. The van der Waals surface area contributed by atoms with E-state index in [1.54, 1.807) is 0 Å². The van der Waals surface area contributed by atoms with Gasteiger partial charge in [-0.3, -0.25) is 4.79 Å². The van der Waals surface area contributed by atoms with E-state index in [9.17, 15) is 13.6 Å². The van der Waals surface area contributed by atoms with Crippen LogP contribution in [0, 0.1) is 24.0 Å². The number of halogens is 2. The number of benzene rings is 1. The minimum absolute atomic E-state index is 0.0522. The van der Waals surface area contributed by atoms with Gasteiger partial charge in [0.15, 0.2) is 17.4 Å². The molecule has 0 spiro atoms. The zero-order valence-corrected chi connectivity index (χ0v) is 11.6. The standard InChI is InChI=1S/C16H17F2NO2/c1-2-8-21-15-13(17)9-11(10-14(15)18)16(20)19-12-6-4-3-5-7-12/h1,9-10,12H,3-8H2,(H,19,20). The maximum atomic E-state index is 13.8. The molecule has 1 N–H and O–H groups in total. The van der Waals surface area contributed by atoms with Crippen molar-refractivity contribution in [1.82, 2.24) is 5.32 Å². The molecule has 5 heteroatoms. The van der Waals surface area contributed by atoms with E-state index in [1.807, 2.05) is 0 Å². The largest absolute Gasteiger partial charge is 0.475 e. The van der Waals surface area contributed by atoms with Gasteiger partial charge in [-0.2, -0.15) is 0 Å². The SMILES string of the molecule is C#CCOc1c(F)cc(C(=O)NC2CCCCC2)cc1F. The van der Waals surface area contributed by atoms with E-state index in [0.717, 1.165) is 44.2 Å². The van der Waals surface area contributed by atoms with Gasteiger partial charge in [-0.15, -0.1) is 6.42 Å². The quantitative estimate of drug-likeness (QED) is 0.867. The van der Waals surface area contributed by atoms with E-state index in [4.69, 9.17) is 11.2 Å². The minimum atomic E-state index is -0.931. The van der Waals surface area contributed by atoms with Crippen molar-refractivity contribution in [2.24, 2.45) is 0 Å². The first-order chi connectivity index (χ1) is 10.1. The van der Waals surface area contributed by atoms with Gasteiger partial charge in [0.2, 0.25) is 0 Å². The summed E-state index contributed by atoms with van der Waals surface area (Å²) in [7, 11) is 0. The third kappa shape index (κ3) is 3.94. The summed E-state index contributed by atoms with van der Waals surface area (Å²) in [5.74, 6) is -0.758. The molecule has 0 saturated heterocycles. The number of terminal acetylenes is 1. The lowest BCUT2D eigenvalue weighted by molar-refractivity contribution is 0.0926. The van der Waals surface area contributed by atoms with Crippen LogP contribution in [0.5, 0.6) is 5.75 Å². The van der Waals surface area contributed by atoms with Crippen LogP contribution in [-0.4, -0.2) is 18.6 Å². The van der Waals surface area contributed by atoms with Gasteiger partial charge in [0, 0.05) is 11.6 Å². The van der Waals surface area contributed by atoms with Gasteiger partial charge in [-0.05, 0) is 25.0 Å². The van der Waals surface area contributed by atoms with Crippen molar-refractivity contribution in [2.75, 3.05) is 6.61 Å². The Balaban J connectivity index is 2.09. The average molecular weight is 293 g/mol. The number of carbonyl (C=O) groups excluding carboxylic acids is 1. The fourth-order valence-electron chi connectivity index (χ4n) is 2.46. The Morgan fingerprint density at radius 1 is 1.29 bits per heavy atom. The summed E-state index contributed by atoms with van der Waals surface area (Å²) in [4.78, 5) is 12.0. The second-order valence-electron chi connectivity index (χ2n) is 5.07. The first-order valence-electron chi connectivity index (χ1n) is 6.98. The van der Waals surface area contributed by atoms with Crippen molar-refractivity contribution in [1.29, 1.82) is 0 Å². The van der Waals surface area contributed by atoms with Crippen molar-refractivity contribution in [3.8, 4) is 18.1 Å². The van der Waals surface area contributed by atoms with Crippen LogP contribution in [0.15, 0.2) is 12.1 Å². The normalized spacial score (nSPS) is 15.3. The van der Waals surface area contributed by atoms with E-state index < -0.39 is 23.3 Å². The molecule has 0 unspecified atom stereocenters. The Hall–Kier alpha value is -2.09. The summed E-state index contributed by atoms with van der Waals surface area (Å²) in [5, 5.41) is 2.81. The molecule has 0 heterocycles. The average Bonchev–Trinajstić information content (AvgIpc) is 2.47. The molecule has 3 nitrogen and oxygen atoms in total. The van der Waals surface area contributed by atoms with Gasteiger partial charge in [0.25, 0.3) is 5.91 Å². The number of nitrogens with one attached hydrogen (secondary N) is 1. The molecule has 21 heavy (non-hydrogen) atoms. The first kappa shape index (κ1) is 15.3. The van der Waals surface area contributed by atoms with Crippen LogP contribution in [0.1, 0.15) is 42.5 Å². The topological polar surface area (TPSA) is 38.3 Å². The Labute approximate surface area is 122 Å². The molecule has 112 valence electrons. The van der Waals surface area contributed by atoms with Crippen LogP contribution < -0.4 is 10.1 Å². The second-order valence-corrected chi connectivity index (χ2v) is 5.07. The van der Waals surface area contributed by atoms with Crippen LogP contribution in [0.2, 0.25) is 0 Å². The fourth-order valence-corrected chi connectivity index (χ4v) is 2.46. The number of carbonyl (C=O) groups is 1. The molecule has 0 bridgehead atoms. The molecule has 2 rings (SSSR count). The Morgan fingerprint density at radius 2 is 1.90 bits per heavy atom. The zero-order valence-electron chi connectivity index (χ0n) is 11.6. The molecule has 0 radical (unpaired) electrons. The molecular weight excluding hydrogens is 276 g/mol. The molecule has 0 aromatic heterocycles. The second kappa shape index (κ2) is 7.07. The Kier molecular flexibility index (Phi) is 5.15. The minimum Gasteiger partial charge on any atom is -0.475 e. The maximum absolute atomic E-state index is 13.8. The molecule has 0 atom stereocenters. The molecule has 1 fully saturated rings. The summed E-state index contributed by atoms with van der Waals surface area (Å²) in [6, 6.07) is 2.01. The summed E-state index contributed by atoms with van der Waals surface area (Å²) in [6.45, 7) is -0.235. The van der Waals surface area contributed by atoms with Crippen molar-refractivity contribution in [3.05, 3.63) is 29.3 Å². The van der Waals surface area contributed by atoms with Crippen LogP contribution in [0.3, 0.4) is 0 Å². The van der Waals surface area contributed by atoms with Crippen LogP contribution >= 0.6 is 0 Å². The van der Waals surface area contributed by atoms with E-state index in [1.165, 1.54) is 0 Å². The van der Waals surface area contributed by atoms with Crippen molar-refractivity contribution < 1.29 is 18.3 Å². The van der Waals surface area contributed by atoms with Crippen LogP contribution in [0.25, 0.3) is 0 Å². The fraction of sp³-hybridized carbons (Fsp3) is 0.438. The van der Waals surface area contributed by atoms with Crippen molar-refractivity contribution in [3.63, 3.8) is 0 Å². The highest BCUT2D eigenvalue weighted by atomic mass is 19.1. The highest BCUT2D eigenvalue weighted by Crippen LogP contribution is 2.24. The van der Waals surface area contributed by atoms with Gasteiger partial charge < -0.3 is 10.1 Å². The summed E-state index contributed by atoms with van der Waals surface area (Å²) < 4.78 is 32.3. The zero-order chi connectivity index (χ0) is 15.2. The highest BCUT2D eigenvalue weighted by Gasteiger charge is 2.20. The monoisotopic (exact) mass is 293 g/mol. The molecular formula is C16H17F2NO2. The van der Waals surface area contributed by atoms with Gasteiger partial charge in [-0.1, -0.05) is 25.2 Å². The number of ether oxygens (including phenoxy) is 1. The first-order valence-corrected chi connectivity index (χ1v) is 6.98. The van der Waals surface area contributed by atoms with Crippen LogP contribution in [0.4, 0.5) is 8.78 Å². The predicted molar refractivity (Wildman–Crippen MR) is 75.0 cm³/mol. The van der Waals surface area contributed by atoms with E-state index in [-0.39, 0.29) is 18.2 Å². The molecule has 1 aliphatic rings. The maximum Gasteiger partial charge on any atom is 0.251 e. The Morgan fingerprint density at radius 3 is 2.48 bits per heavy atom. The van der Waals surface area contributed by atoms with Crippen molar-refractivity contribution >= 4 is 5.91 Å². The van der Waals surface area contributed by atoms with Crippen LogP contribution in [-0.2, 0) is 0 Å². The highest BCUT2D eigenvalue weighted by molar-refractivity contribution is 5.94. The summed E-state index contributed by atoms with van der Waals surface area (Å²) in [5.41, 5.74) is -0.0522. The van der Waals surface area contributed by atoms with Gasteiger partial charge in [0.1, 0.15) is 6.61 Å². The number of hydrogen-bond donors (Lipinski definition) is 1. The van der Waals surface area contributed by atoms with Gasteiger partial charge >= 0.3 is 0 Å². The number of rotatable bonds is 4. The molecule has 1 amide bonds. The third-order valence-electron chi connectivity index (χ3n) is 3.50.